The summed E-state index contributed by atoms with van der Waals surface area (Å²) in [7, 11) is 0. The molecule has 70 valence electrons. The number of aliphatic hydroxyl groups excluding tert-OH is 1. The third kappa shape index (κ3) is 6.60. The molecule has 0 radical (unpaired) electrons. The minimum Gasteiger partial charge on any atom is -0.395 e. The van der Waals surface area contributed by atoms with Crippen LogP contribution >= 0.6 is 12.4 Å². The second-order valence-electron chi connectivity index (χ2n) is 3.77. The van der Waals surface area contributed by atoms with Crippen molar-refractivity contribution in [3.63, 3.8) is 0 Å². The molecule has 3 heteroatoms. The summed E-state index contributed by atoms with van der Waals surface area (Å²) in [6.45, 7) is 9.60. The Morgan fingerprint density at radius 1 is 1.36 bits per heavy atom. The van der Waals surface area contributed by atoms with Gasteiger partial charge in [-0.15, -0.1) is 12.4 Å². The van der Waals surface area contributed by atoms with Gasteiger partial charge in [0, 0.05) is 12.6 Å². The van der Waals surface area contributed by atoms with Crippen molar-refractivity contribution in [3.05, 3.63) is 0 Å². The molecule has 0 fully saturated rings. The van der Waals surface area contributed by atoms with Gasteiger partial charge in [0.05, 0.1) is 6.61 Å². The predicted molar refractivity (Wildman–Crippen MR) is 51.3 cm³/mol. The molecule has 0 aliphatic rings. The van der Waals surface area contributed by atoms with Gasteiger partial charge in [0.25, 0.3) is 0 Å². The highest BCUT2D eigenvalue weighted by Gasteiger charge is 2.18. The van der Waals surface area contributed by atoms with Crippen LogP contribution in [0.25, 0.3) is 0 Å². The van der Waals surface area contributed by atoms with Gasteiger partial charge in [-0.2, -0.15) is 0 Å². The lowest BCUT2D eigenvalue weighted by atomic mass is 9.88. The Morgan fingerprint density at radius 2 is 1.82 bits per heavy atom. The molecule has 0 aromatic rings. The number of hydrogen-bond acceptors (Lipinski definition) is 2. The largest absolute Gasteiger partial charge is 0.395 e. The van der Waals surface area contributed by atoms with E-state index in [-0.39, 0.29) is 24.4 Å². The predicted octanol–water partition coefficient (Wildman–Crippen LogP) is 1.42. The average molecular weight is 182 g/mol. The number of nitrogens with one attached hydrogen (secondary N) is 1. The van der Waals surface area contributed by atoms with Gasteiger partial charge < -0.3 is 10.4 Å². The quantitative estimate of drug-likeness (QED) is 0.691. The zero-order valence-electron chi connectivity index (χ0n) is 7.85. The van der Waals surface area contributed by atoms with Crippen LogP contribution in [-0.4, -0.2) is 24.3 Å². The van der Waals surface area contributed by atoms with Gasteiger partial charge in [-0.1, -0.05) is 20.8 Å². The van der Waals surface area contributed by atoms with Gasteiger partial charge >= 0.3 is 0 Å². The van der Waals surface area contributed by atoms with Crippen molar-refractivity contribution in [2.24, 2.45) is 5.41 Å². The zero-order chi connectivity index (χ0) is 8.20. The maximum atomic E-state index is 8.52. The molecule has 1 atom stereocenters. The van der Waals surface area contributed by atoms with Gasteiger partial charge in [-0.3, -0.25) is 0 Å². The topological polar surface area (TPSA) is 32.3 Å². The molecule has 2 nitrogen and oxygen atoms in total. The fourth-order valence-electron chi connectivity index (χ4n) is 0.587. The van der Waals surface area contributed by atoms with Crippen molar-refractivity contribution < 1.29 is 5.11 Å². The van der Waals surface area contributed by atoms with Crippen LogP contribution in [0, 0.1) is 5.41 Å². The molecule has 0 aliphatic carbocycles. The van der Waals surface area contributed by atoms with Gasteiger partial charge in [-0.05, 0) is 12.3 Å². The standard InChI is InChI=1S/C8H19NO.ClH/c1-7(8(2,3)4)9-5-6-10;/h7,9-10H,5-6H2,1-4H3;1H. The highest BCUT2D eigenvalue weighted by molar-refractivity contribution is 5.85. The van der Waals surface area contributed by atoms with Crippen LogP contribution in [0.5, 0.6) is 0 Å². The summed E-state index contributed by atoms with van der Waals surface area (Å²) in [6.07, 6.45) is 0. The smallest absolute Gasteiger partial charge is 0.0556 e. The SMILES string of the molecule is CC(NCCO)C(C)(C)C.Cl. The molecule has 0 spiro atoms. The third-order valence-electron chi connectivity index (χ3n) is 1.86. The van der Waals surface area contributed by atoms with E-state index in [1.165, 1.54) is 0 Å². The van der Waals surface area contributed by atoms with E-state index >= 15 is 0 Å². The van der Waals surface area contributed by atoms with Crippen LogP contribution < -0.4 is 5.32 Å². The van der Waals surface area contributed by atoms with Crippen LogP contribution in [0.4, 0.5) is 0 Å². The molecular weight excluding hydrogens is 162 g/mol. The molecular formula is C8H20ClNO. The molecule has 0 aromatic carbocycles. The van der Waals surface area contributed by atoms with Gasteiger partial charge in [0.1, 0.15) is 0 Å². The lowest BCUT2D eigenvalue weighted by molar-refractivity contribution is 0.244. The number of halogens is 1. The monoisotopic (exact) mass is 181 g/mol. The van der Waals surface area contributed by atoms with Gasteiger partial charge in [0.15, 0.2) is 0 Å². The molecule has 2 N–H and O–H groups in total. The van der Waals surface area contributed by atoms with Gasteiger partial charge in [-0.25, -0.2) is 0 Å². The first-order chi connectivity index (χ1) is 4.48. The summed E-state index contributed by atoms with van der Waals surface area (Å²) in [5.41, 5.74) is 0.287. The molecule has 0 bridgehead atoms. The van der Waals surface area contributed by atoms with E-state index in [2.05, 4.69) is 33.0 Å². The van der Waals surface area contributed by atoms with Crippen molar-refractivity contribution in [1.82, 2.24) is 5.32 Å². The van der Waals surface area contributed by atoms with Crippen LogP contribution in [0.2, 0.25) is 0 Å². The summed E-state index contributed by atoms with van der Waals surface area (Å²) in [4.78, 5) is 0. The minimum absolute atomic E-state index is 0. The van der Waals surface area contributed by atoms with Crippen molar-refractivity contribution >= 4 is 12.4 Å². The highest BCUT2D eigenvalue weighted by Crippen LogP contribution is 2.17. The lowest BCUT2D eigenvalue weighted by Gasteiger charge is -2.27. The Balaban J connectivity index is 0. The highest BCUT2D eigenvalue weighted by atomic mass is 35.5. The van der Waals surface area contributed by atoms with Crippen molar-refractivity contribution in [2.75, 3.05) is 13.2 Å². The van der Waals surface area contributed by atoms with Crippen LogP contribution in [0.15, 0.2) is 0 Å². The molecule has 0 saturated heterocycles. The van der Waals surface area contributed by atoms with E-state index in [0.29, 0.717) is 12.6 Å². The molecule has 0 aliphatic heterocycles. The van der Waals surface area contributed by atoms with Gasteiger partial charge in [0.2, 0.25) is 0 Å². The molecule has 0 aromatic heterocycles. The Bertz CT molecular complexity index is 90.6. The van der Waals surface area contributed by atoms with Crippen LogP contribution in [0.1, 0.15) is 27.7 Å². The Labute approximate surface area is 75.8 Å². The Hall–Kier alpha value is 0.210. The maximum absolute atomic E-state index is 8.52. The normalized spacial score (nSPS) is 13.9. The van der Waals surface area contributed by atoms with E-state index in [0.717, 1.165) is 0 Å². The van der Waals surface area contributed by atoms with E-state index in [4.69, 9.17) is 5.11 Å². The van der Waals surface area contributed by atoms with Crippen LogP contribution in [-0.2, 0) is 0 Å². The third-order valence-corrected chi connectivity index (χ3v) is 1.86. The molecule has 0 heterocycles. The average Bonchev–Trinajstić information content (AvgIpc) is 1.80. The molecule has 0 rings (SSSR count). The Morgan fingerprint density at radius 3 is 2.09 bits per heavy atom. The molecule has 1 unspecified atom stereocenters. The Kier molecular flexibility index (Phi) is 7.28. The fraction of sp³-hybridized carbons (Fsp3) is 1.00. The first kappa shape index (κ1) is 13.8. The van der Waals surface area contributed by atoms with E-state index in [9.17, 15) is 0 Å². The maximum Gasteiger partial charge on any atom is 0.0556 e. The van der Waals surface area contributed by atoms with E-state index in [1.54, 1.807) is 0 Å². The molecule has 0 amide bonds. The number of rotatable bonds is 3. The van der Waals surface area contributed by atoms with Crippen LogP contribution in [0.3, 0.4) is 0 Å². The van der Waals surface area contributed by atoms with E-state index in [1.807, 2.05) is 0 Å². The zero-order valence-corrected chi connectivity index (χ0v) is 8.66. The summed E-state index contributed by atoms with van der Waals surface area (Å²) >= 11 is 0. The summed E-state index contributed by atoms with van der Waals surface area (Å²) in [6, 6.07) is 0.458. The number of aliphatic hydroxyl groups is 1. The second-order valence-corrected chi connectivity index (χ2v) is 3.77. The second kappa shape index (κ2) is 5.81. The number of hydrogen-bond donors (Lipinski definition) is 2. The van der Waals surface area contributed by atoms with Crippen molar-refractivity contribution in [3.8, 4) is 0 Å². The van der Waals surface area contributed by atoms with Crippen molar-refractivity contribution in [2.45, 2.75) is 33.7 Å². The first-order valence-corrected chi connectivity index (χ1v) is 3.82. The lowest BCUT2D eigenvalue weighted by Crippen LogP contribution is -2.38. The molecule has 0 saturated carbocycles. The summed E-state index contributed by atoms with van der Waals surface area (Å²) < 4.78 is 0. The summed E-state index contributed by atoms with van der Waals surface area (Å²) in [5, 5.41) is 11.7. The summed E-state index contributed by atoms with van der Waals surface area (Å²) in [5.74, 6) is 0. The fourth-order valence-corrected chi connectivity index (χ4v) is 0.587. The minimum atomic E-state index is 0. The van der Waals surface area contributed by atoms with Crippen molar-refractivity contribution in [1.29, 1.82) is 0 Å². The first-order valence-electron chi connectivity index (χ1n) is 3.82. The molecule has 11 heavy (non-hydrogen) atoms. The van der Waals surface area contributed by atoms with E-state index < -0.39 is 0 Å².